The molecule has 0 saturated heterocycles. The fourth-order valence-corrected chi connectivity index (χ4v) is 6.81. The van der Waals surface area contributed by atoms with E-state index < -0.39 is 0 Å². The van der Waals surface area contributed by atoms with E-state index in [-0.39, 0.29) is 0 Å². The molecular weight excluding hydrogens is 526 g/mol. The van der Waals surface area contributed by atoms with Gasteiger partial charge in [0, 0.05) is 72.0 Å². The van der Waals surface area contributed by atoms with E-state index in [0.29, 0.717) is 18.4 Å². The minimum Gasteiger partial charge on any atom is -0.497 e. The van der Waals surface area contributed by atoms with Gasteiger partial charge in [-0.25, -0.2) is 9.97 Å². The molecule has 0 amide bonds. The predicted octanol–water partition coefficient (Wildman–Crippen LogP) is 6.67. The van der Waals surface area contributed by atoms with Crippen LogP contribution in [0.3, 0.4) is 0 Å². The summed E-state index contributed by atoms with van der Waals surface area (Å²) < 4.78 is 19.2. The third kappa shape index (κ3) is 5.17. The summed E-state index contributed by atoms with van der Waals surface area (Å²) >= 11 is 0. The lowest BCUT2D eigenvalue weighted by atomic mass is 9.55. The molecule has 8 heteroatoms. The standard InChI is InChI=1S/C34H37N5O3/c1-40-27-7-6-22(32(17-27)41-2)19-38-34-30-4-3-5-31(29(30)8-10-36-34)37-20-25-16-26(24-14-23(25)15-24)21-42-28-9-12-39-13-11-35-33(39)18-28/h3-13,17-18,23-26,37H,14-16,19-21H2,1-2H3,(H,36,38). The number of ether oxygens (including phenoxy) is 3. The number of rotatable bonds is 11. The zero-order valence-electron chi connectivity index (χ0n) is 24.1. The average molecular weight is 564 g/mol. The van der Waals surface area contributed by atoms with E-state index >= 15 is 0 Å². The van der Waals surface area contributed by atoms with Crippen LogP contribution in [0.25, 0.3) is 16.4 Å². The number of aromatic nitrogens is 3. The lowest BCUT2D eigenvalue weighted by Gasteiger charge is -2.51. The van der Waals surface area contributed by atoms with Crippen LogP contribution in [0.5, 0.6) is 17.2 Å². The van der Waals surface area contributed by atoms with Gasteiger partial charge in [0.1, 0.15) is 28.7 Å². The molecule has 2 atom stereocenters. The van der Waals surface area contributed by atoms with Gasteiger partial charge in [0.05, 0.1) is 20.8 Å². The summed E-state index contributed by atoms with van der Waals surface area (Å²) in [5.74, 6) is 6.18. The van der Waals surface area contributed by atoms with Crippen molar-refractivity contribution in [2.24, 2.45) is 23.7 Å². The van der Waals surface area contributed by atoms with Crippen LogP contribution < -0.4 is 24.8 Å². The van der Waals surface area contributed by atoms with Gasteiger partial charge in [-0.3, -0.25) is 0 Å². The molecule has 3 aliphatic carbocycles. The van der Waals surface area contributed by atoms with E-state index in [1.165, 1.54) is 24.6 Å². The van der Waals surface area contributed by atoms with E-state index in [4.69, 9.17) is 14.2 Å². The molecule has 5 aromatic rings. The van der Waals surface area contributed by atoms with Crippen molar-refractivity contribution < 1.29 is 14.2 Å². The first kappa shape index (κ1) is 26.4. The number of nitrogens with zero attached hydrogens (tertiary/aromatic N) is 3. The van der Waals surface area contributed by atoms with Gasteiger partial charge in [-0.2, -0.15) is 0 Å². The molecule has 2 unspecified atom stereocenters. The van der Waals surface area contributed by atoms with E-state index in [9.17, 15) is 0 Å². The monoisotopic (exact) mass is 563 g/mol. The Morgan fingerprint density at radius 3 is 2.60 bits per heavy atom. The Bertz CT molecular complexity index is 1700. The van der Waals surface area contributed by atoms with Crippen molar-refractivity contribution >= 4 is 27.9 Å². The first-order valence-electron chi connectivity index (χ1n) is 14.8. The molecule has 3 saturated carbocycles. The van der Waals surface area contributed by atoms with Gasteiger partial charge in [0.15, 0.2) is 0 Å². The maximum atomic E-state index is 6.28. The number of anilines is 2. The second-order valence-electron chi connectivity index (χ2n) is 11.6. The largest absolute Gasteiger partial charge is 0.497 e. The molecule has 0 spiro atoms. The number of fused-ring (bicyclic) bond motifs is 4. The van der Waals surface area contributed by atoms with Gasteiger partial charge in [-0.1, -0.05) is 12.1 Å². The van der Waals surface area contributed by atoms with Gasteiger partial charge in [-0.05, 0) is 73.3 Å². The quantitative estimate of drug-likeness (QED) is 0.186. The predicted molar refractivity (Wildman–Crippen MR) is 166 cm³/mol. The van der Waals surface area contributed by atoms with Crippen LogP contribution in [0.4, 0.5) is 11.5 Å². The number of benzene rings is 2. The highest BCUT2D eigenvalue weighted by atomic mass is 16.5. The summed E-state index contributed by atoms with van der Waals surface area (Å²) in [6, 6.07) is 18.5. The van der Waals surface area contributed by atoms with E-state index in [0.717, 1.165) is 70.3 Å². The molecule has 3 fully saturated rings. The Morgan fingerprint density at radius 2 is 1.71 bits per heavy atom. The lowest BCUT2D eigenvalue weighted by Crippen LogP contribution is -2.46. The second-order valence-corrected chi connectivity index (χ2v) is 11.6. The first-order chi connectivity index (χ1) is 20.7. The number of nitrogens with one attached hydrogen (secondary N) is 2. The molecule has 3 aromatic heterocycles. The van der Waals surface area contributed by atoms with Gasteiger partial charge in [-0.15, -0.1) is 0 Å². The van der Waals surface area contributed by atoms with Crippen molar-refractivity contribution in [3.8, 4) is 17.2 Å². The Balaban J connectivity index is 0.999. The van der Waals surface area contributed by atoms with Crippen LogP contribution >= 0.6 is 0 Å². The van der Waals surface area contributed by atoms with Crippen LogP contribution in [0, 0.1) is 23.7 Å². The SMILES string of the molecule is COc1ccc(CNc2nccc3c(NCC4CC(COc5ccn6ccnc6c5)C5CC4C5)cccc23)c(OC)c1. The number of pyridine rings is 2. The van der Waals surface area contributed by atoms with Gasteiger partial charge in [0.2, 0.25) is 0 Å². The Kier molecular flexibility index (Phi) is 7.20. The normalized spacial score (nSPS) is 21.1. The van der Waals surface area contributed by atoms with Crippen LogP contribution in [0.1, 0.15) is 24.8 Å². The first-order valence-corrected chi connectivity index (χ1v) is 14.8. The van der Waals surface area contributed by atoms with Gasteiger partial charge in [0.25, 0.3) is 0 Å². The Labute approximate surface area is 246 Å². The fraction of sp³-hybridized carbons (Fsp3) is 0.353. The molecule has 0 radical (unpaired) electrons. The highest BCUT2D eigenvalue weighted by Gasteiger charge is 2.45. The molecule has 8 rings (SSSR count). The number of imidazole rings is 1. The van der Waals surface area contributed by atoms with E-state index in [2.05, 4.69) is 44.9 Å². The number of hydrogen-bond acceptors (Lipinski definition) is 7. The fourth-order valence-electron chi connectivity index (χ4n) is 6.81. The molecule has 3 aliphatic rings. The summed E-state index contributed by atoms with van der Waals surface area (Å²) in [7, 11) is 3.34. The maximum Gasteiger partial charge on any atom is 0.140 e. The average Bonchev–Trinajstić information content (AvgIpc) is 3.49. The van der Waals surface area contributed by atoms with Crippen molar-refractivity contribution in [3.05, 3.63) is 84.9 Å². The molecule has 2 aromatic carbocycles. The molecule has 2 bridgehead atoms. The Hall–Kier alpha value is -4.46. The second kappa shape index (κ2) is 11.4. The van der Waals surface area contributed by atoms with Crippen molar-refractivity contribution in [1.82, 2.24) is 14.4 Å². The molecular formula is C34H37N5O3. The minimum absolute atomic E-state index is 0.597. The summed E-state index contributed by atoms with van der Waals surface area (Å²) in [5.41, 5.74) is 3.12. The van der Waals surface area contributed by atoms with Crippen LogP contribution in [0.15, 0.2) is 79.4 Å². The number of methoxy groups -OCH3 is 2. The topological polar surface area (TPSA) is 81.9 Å². The van der Waals surface area contributed by atoms with Crippen molar-refractivity contribution in [1.29, 1.82) is 0 Å². The Morgan fingerprint density at radius 1 is 0.810 bits per heavy atom. The maximum absolute atomic E-state index is 6.28. The summed E-state index contributed by atoms with van der Waals surface area (Å²) in [6.07, 6.45) is 11.5. The summed E-state index contributed by atoms with van der Waals surface area (Å²) in [5, 5.41) is 9.61. The number of hydrogen-bond donors (Lipinski definition) is 2. The van der Waals surface area contributed by atoms with Gasteiger partial charge >= 0.3 is 0 Å². The van der Waals surface area contributed by atoms with E-state index in [1.54, 1.807) is 14.2 Å². The minimum atomic E-state index is 0.597. The van der Waals surface area contributed by atoms with Crippen LogP contribution in [-0.4, -0.2) is 41.7 Å². The third-order valence-corrected chi connectivity index (χ3v) is 9.28. The van der Waals surface area contributed by atoms with Crippen LogP contribution in [-0.2, 0) is 6.54 Å². The zero-order chi connectivity index (χ0) is 28.5. The summed E-state index contributed by atoms with van der Waals surface area (Å²) in [4.78, 5) is 9.05. The highest BCUT2D eigenvalue weighted by Crippen LogP contribution is 2.52. The van der Waals surface area contributed by atoms with Crippen molar-refractivity contribution in [2.75, 3.05) is 38.0 Å². The smallest absolute Gasteiger partial charge is 0.140 e. The lowest BCUT2D eigenvalue weighted by molar-refractivity contribution is -0.0194. The van der Waals surface area contributed by atoms with Crippen molar-refractivity contribution in [3.63, 3.8) is 0 Å². The molecule has 2 N–H and O–H groups in total. The molecule has 216 valence electrons. The van der Waals surface area contributed by atoms with Crippen LogP contribution in [0.2, 0.25) is 0 Å². The molecule has 42 heavy (non-hydrogen) atoms. The molecule has 3 heterocycles. The molecule has 8 nitrogen and oxygen atoms in total. The summed E-state index contributed by atoms with van der Waals surface area (Å²) in [6.45, 7) is 2.35. The highest BCUT2D eigenvalue weighted by molar-refractivity contribution is 5.99. The third-order valence-electron chi connectivity index (χ3n) is 9.28. The van der Waals surface area contributed by atoms with Gasteiger partial charge < -0.3 is 29.2 Å². The van der Waals surface area contributed by atoms with E-state index in [1.807, 2.05) is 59.5 Å². The van der Waals surface area contributed by atoms with Crippen molar-refractivity contribution in [2.45, 2.75) is 25.8 Å². The molecule has 0 aliphatic heterocycles. The zero-order valence-corrected chi connectivity index (χ0v) is 24.1.